The number of aromatic nitrogens is 1. The Hall–Kier alpha value is -2.11. The first-order valence-electron chi connectivity index (χ1n) is 9.97. The summed E-state index contributed by atoms with van der Waals surface area (Å²) in [5.74, 6) is 1.13. The number of nitrogens with one attached hydrogen (secondary N) is 2. The standard InChI is InChI=1S/C20H30N4O2/c1-2-6-19(25)22-17-10-11-18(21-13-17)24-12-5-7-15(14-24)20(26)23-16-8-3-4-9-16/h10-11,13,15-16H,2-9,12,14H2,1H3,(H,22,25)(H,23,26). The van der Waals surface area contributed by atoms with Gasteiger partial charge in [-0.2, -0.15) is 0 Å². The molecule has 0 aromatic carbocycles. The maximum absolute atomic E-state index is 12.6. The van der Waals surface area contributed by atoms with Crippen LogP contribution in [-0.2, 0) is 9.59 Å². The van der Waals surface area contributed by atoms with Crippen molar-refractivity contribution in [2.45, 2.75) is 64.3 Å². The van der Waals surface area contributed by atoms with Crippen molar-refractivity contribution in [3.05, 3.63) is 18.3 Å². The molecule has 142 valence electrons. The van der Waals surface area contributed by atoms with Crippen molar-refractivity contribution in [2.75, 3.05) is 23.3 Å². The van der Waals surface area contributed by atoms with Gasteiger partial charge in [0.05, 0.1) is 17.8 Å². The largest absolute Gasteiger partial charge is 0.356 e. The molecule has 0 spiro atoms. The molecular formula is C20H30N4O2. The van der Waals surface area contributed by atoms with Crippen molar-refractivity contribution in [3.63, 3.8) is 0 Å². The molecule has 1 aliphatic heterocycles. The number of pyridine rings is 1. The van der Waals surface area contributed by atoms with E-state index in [0.29, 0.717) is 19.0 Å². The monoisotopic (exact) mass is 358 g/mol. The van der Waals surface area contributed by atoms with Crippen LogP contribution in [0.3, 0.4) is 0 Å². The number of carbonyl (C=O) groups excluding carboxylic acids is 2. The van der Waals surface area contributed by atoms with Crippen LogP contribution in [0, 0.1) is 5.92 Å². The molecule has 26 heavy (non-hydrogen) atoms. The van der Waals surface area contributed by atoms with E-state index in [1.807, 2.05) is 19.1 Å². The summed E-state index contributed by atoms with van der Waals surface area (Å²) in [5.41, 5.74) is 0.722. The van der Waals surface area contributed by atoms with Gasteiger partial charge in [0.25, 0.3) is 0 Å². The Morgan fingerprint density at radius 1 is 1.19 bits per heavy atom. The third-order valence-electron chi connectivity index (χ3n) is 5.33. The summed E-state index contributed by atoms with van der Waals surface area (Å²) in [5, 5.41) is 6.09. The number of nitrogens with zero attached hydrogens (tertiary/aromatic N) is 2. The molecule has 1 saturated heterocycles. The van der Waals surface area contributed by atoms with Gasteiger partial charge in [-0.3, -0.25) is 9.59 Å². The molecular weight excluding hydrogens is 328 g/mol. The van der Waals surface area contributed by atoms with E-state index in [4.69, 9.17) is 0 Å². The lowest BCUT2D eigenvalue weighted by molar-refractivity contribution is -0.126. The zero-order valence-electron chi connectivity index (χ0n) is 15.7. The van der Waals surface area contributed by atoms with E-state index in [0.717, 1.165) is 50.2 Å². The molecule has 1 atom stereocenters. The summed E-state index contributed by atoms with van der Waals surface area (Å²) in [6.45, 7) is 3.62. The second-order valence-corrected chi connectivity index (χ2v) is 7.48. The molecule has 0 bridgehead atoms. The number of carbonyl (C=O) groups is 2. The topological polar surface area (TPSA) is 74.3 Å². The third-order valence-corrected chi connectivity index (χ3v) is 5.33. The molecule has 1 aliphatic carbocycles. The Morgan fingerprint density at radius 3 is 2.69 bits per heavy atom. The fraction of sp³-hybridized carbons (Fsp3) is 0.650. The van der Waals surface area contributed by atoms with Crippen LogP contribution >= 0.6 is 0 Å². The quantitative estimate of drug-likeness (QED) is 0.819. The highest BCUT2D eigenvalue weighted by atomic mass is 16.2. The Labute approximate surface area is 155 Å². The van der Waals surface area contributed by atoms with Gasteiger partial charge in [0.1, 0.15) is 5.82 Å². The fourth-order valence-electron chi connectivity index (χ4n) is 3.89. The zero-order valence-corrected chi connectivity index (χ0v) is 15.7. The molecule has 2 fully saturated rings. The minimum absolute atomic E-state index is 0.0173. The first-order valence-corrected chi connectivity index (χ1v) is 9.97. The number of rotatable bonds is 6. The lowest BCUT2D eigenvalue weighted by Gasteiger charge is -2.33. The molecule has 2 N–H and O–H groups in total. The van der Waals surface area contributed by atoms with Gasteiger partial charge in [-0.1, -0.05) is 19.8 Å². The molecule has 0 radical (unpaired) electrons. The van der Waals surface area contributed by atoms with Gasteiger partial charge in [-0.15, -0.1) is 0 Å². The van der Waals surface area contributed by atoms with E-state index >= 15 is 0 Å². The average molecular weight is 358 g/mol. The highest BCUT2D eigenvalue weighted by Crippen LogP contribution is 2.24. The van der Waals surface area contributed by atoms with Gasteiger partial charge < -0.3 is 15.5 Å². The van der Waals surface area contributed by atoms with E-state index in [2.05, 4.69) is 20.5 Å². The number of anilines is 2. The average Bonchev–Trinajstić information content (AvgIpc) is 3.15. The molecule has 2 heterocycles. The molecule has 1 unspecified atom stereocenters. The summed E-state index contributed by atoms with van der Waals surface area (Å²) < 4.78 is 0. The van der Waals surface area contributed by atoms with Gasteiger partial charge in [-0.25, -0.2) is 4.98 Å². The SMILES string of the molecule is CCCC(=O)Nc1ccc(N2CCCC(C(=O)NC3CCCC3)C2)nc1. The summed E-state index contributed by atoms with van der Waals surface area (Å²) in [7, 11) is 0. The fourth-order valence-corrected chi connectivity index (χ4v) is 3.89. The smallest absolute Gasteiger partial charge is 0.225 e. The Bertz CT molecular complexity index is 611. The number of piperidine rings is 1. The van der Waals surface area contributed by atoms with Gasteiger partial charge in [0.15, 0.2) is 0 Å². The van der Waals surface area contributed by atoms with E-state index in [9.17, 15) is 9.59 Å². The molecule has 3 rings (SSSR count). The van der Waals surface area contributed by atoms with E-state index in [1.54, 1.807) is 6.20 Å². The van der Waals surface area contributed by atoms with Crippen molar-refractivity contribution in [1.82, 2.24) is 10.3 Å². The Morgan fingerprint density at radius 2 is 2.00 bits per heavy atom. The third kappa shape index (κ3) is 4.96. The van der Waals surface area contributed by atoms with E-state index in [-0.39, 0.29) is 17.7 Å². The van der Waals surface area contributed by atoms with Gasteiger partial charge in [0.2, 0.25) is 11.8 Å². The number of amides is 2. The Balaban J connectivity index is 1.55. The predicted octanol–water partition coefficient (Wildman–Crippen LogP) is 3.10. The molecule has 6 nitrogen and oxygen atoms in total. The van der Waals surface area contributed by atoms with Crippen LogP contribution in [0.2, 0.25) is 0 Å². The Kier molecular flexibility index (Phi) is 6.47. The highest BCUT2D eigenvalue weighted by Gasteiger charge is 2.28. The first kappa shape index (κ1) is 18.7. The first-order chi connectivity index (χ1) is 12.7. The van der Waals surface area contributed by atoms with Crippen LogP contribution < -0.4 is 15.5 Å². The lowest BCUT2D eigenvalue weighted by Crippen LogP contribution is -2.45. The number of hydrogen-bond acceptors (Lipinski definition) is 4. The molecule has 1 aromatic rings. The molecule has 1 aromatic heterocycles. The summed E-state index contributed by atoms with van der Waals surface area (Å²) in [6.07, 6.45) is 9.69. The van der Waals surface area contributed by atoms with Crippen molar-refractivity contribution in [3.8, 4) is 0 Å². The molecule has 6 heteroatoms. The summed E-state index contributed by atoms with van der Waals surface area (Å²) >= 11 is 0. The van der Waals surface area contributed by atoms with Crippen LogP contribution in [-0.4, -0.2) is 35.9 Å². The van der Waals surface area contributed by atoms with Crippen LogP contribution in [0.25, 0.3) is 0 Å². The second-order valence-electron chi connectivity index (χ2n) is 7.48. The van der Waals surface area contributed by atoms with Crippen LogP contribution in [0.4, 0.5) is 11.5 Å². The minimum atomic E-state index is 0.0173. The minimum Gasteiger partial charge on any atom is -0.356 e. The van der Waals surface area contributed by atoms with Crippen molar-refractivity contribution < 1.29 is 9.59 Å². The van der Waals surface area contributed by atoms with Gasteiger partial charge in [-0.05, 0) is 44.2 Å². The van der Waals surface area contributed by atoms with Crippen LogP contribution in [0.1, 0.15) is 58.3 Å². The van der Waals surface area contributed by atoms with Crippen molar-refractivity contribution >= 4 is 23.3 Å². The van der Waals surface area contributed by atoms with Crippen molar-refractivity contribution in [2.24, 2.45) is 5.92 Å². The maximum atomic E-state index is 12.6. The zero-order chi connectivity index (χ0) is 18.4. The van der Waals surface area contributed by atoms with Crippen LogP contribution in [0.15, 0.2) is 18.3 Å². The van der Waals surface area contributed by atoms with Crippen molar-refractivity contribution in [1.29, 1.82) is 0 Å². The van der Waals surface area contributed by atoms with Gasteiger partial charge >= 0.3 is 0 Å². The predicted molar refractivity (Wildman–Crippen MR) is 103 cm³/mol. The normalized spacial score (nSPS) is 20.8. The molecule has 2 amide bonds. The van der Waals surface area contributed by atoms with Gasteiger partial charge in [0, 0.05) is 25.6 Å². The van der Waals surface area contributed by atoms with E-state index in [1.165, 1.54) is 12.8 Å². The van der Waals surface area contributed by atoms with E-state index < -0.39 is 0 Å². The maximum Gasteiger partial charge on any atom is 0.225 e. The molecule has 1 saturated carbocycles. The second kappa shape index (κ2) is 9.01. The number of hydrogen-bond donors (Lipinski definition) is 2. The highest BCUT2D eigenvalue weighted by molar-refractivity contribution is 5.90. The van der Waals surface area contributed by atoms with Crippen LogP contribution in [0.5, 0.6) is 0 Å². The summed E-state index contributed by atoms with van der Waals surface area (Å²) in [4.78, 5) is 30.9. The summed E-state index contributed by atoms with van der Waals surface area (Å²) in [6, 6.07) is 4.19. The lowest BCUT2D eigenvalue weighted by atomic mass is 9.96. The molecule has 2 aliphatic rings.